The van der Waals surface area contributed by atoms with Gasteiger partial charge in [-0.1, -0.05) is 38.0 Å². The Bertz CT molecular complexity index is 614. The van der Waals surface area contributed by atoms with Gasteiger partial charge in [0.1, 0.15) is 5.69 Å². The summed E-state index contributed by atoms with van der Waals surface area (Å²) in [5.74, 6) is 1.07. The van der Waals surface area contributed by atoms with Crippen molar-refractivity contribution in [2.75, 3.05) is 0 Å². The highest BCUT2D eigenvalue weighted by Crippen LogP contribution is 2.32. The van der Waals surface area contributed by atoms with Gasteiger partial charge in [-0.25, -0.2) is 0 Å². The van der Waals surface area contributed by atoms with Gasteiger partial charge in [0.15, 0.2) is 5.78 Å². The summed E-state index contributed by atoms with van der Waals surface area (Å²) < 4.78 is 1.81. The van der Waals surface area contributed by atoms with Crippen LogP contribution in [-0.2, 0) is 7.05 Å². The number of Topliss-reactive ketones (excluding diaryl/α,β-unsaturated/α-hetero) is 1. The van der Waals surface area contributed by atoms with E-state index in [4.69, 9.17) is 0 Å². The van der Waals surface area contributed by atoms with Crippen LogP contribution in [0.25, 0.3) is 10.9 Å². The molecule has 3 nitrogen and oxygen atoms in total. The fourth-order valence-corrected chi connectivity index (χ4v) is 3.26. The molecule has 100 valence electrons. The Morgan fingerprint density at radius 2 is 2.11 bits per heavy atom. The Balaban J connectivity index is 1.97. The van der Waals surface area contributed by atoms with Gasteiger partial charge in [-0.2, -0.15) is 5.10 Å². The summed E-state index contributed by atoms with van der Waals surface area (Å²) in [5.41, 5.74) is 1.70. The summed E-state index contributed by atoms with van der Waals surface area (Å²) in [6.07, 6.45) is 4.47. The zero-order chi connectivity index (χ0) is 13.4. The van der Waals surface area contributed by atoms with Crippen LogP contribution >= 0.6 is 0 Å². The lowest BCUT2D eigenvalue weighted by Crippen LogP contribution is -2.22. The molecule has 0 bridgehead atoms. The highest BCUT2D eigenvalue weighted by atomic mass is 16.1. The maximum Gasteiger partial charge on any atom is 0.186 e. The first kappa shape index (κ1) is 12.4. The Hall–Kier alpha value is -1.64. The molecule has 0 aliphatic heterocycles. The van der Waals surface area contributed by atoms with Crippen LogP contribution in [0.15, 0.2) is 24.3 Å². The van der Waals surface area contributed by atoms with E-state index in [0.717, 1.165) is 23.7 Å². The Labute approximate surface area is 113 Å². The third kappa shape index (κ3) is 2.18. The van der Waals surface area contributed by atoms with Crippen molar-refractivity contribution in [1.82, 2.24) is 9.78 Å². The number of para-hydroxylation sites is 1. The van der Waals surface area contributed by atoms with Crippen molar-refractivity contribution < 1.29 is 4.79 Å². The predicted octanol–water partition coefficient (Wildman–Crippen LogP) is 3.58. The van der Waals surface area contributed by atoms with Crippen LogP contribution in [0.1, 0.15) is 43.1 Å². The first-order valence-electron chi connectivity index (χ1n) is 7.12. The molecule has 1 aromatic carbocycles. The van der Waals surface area contributed by atoms with E-state index in [1.165, 1.54) is 12.8 Å². The fraction of sp³-hybridized carbons (Fsp3) is 0.500. The molecule has 1 aromatic heterocycles. The van der Waals surface area contributed by atoms with Gasteiger partial charge in [-0.15, -0.1) is 0 Å². The Kier molecular flexibility index (Phi) is 3.13. The van der Waals surface area contributed by atoms with Crippen molar-refractivity contribution in [1.29, 1.82) is 0 Å². The molecule has 0 amide bonds. The van der Waals surface area contributed by atoms with Gasteiger partial charge in [-0.05, 0) is 24.8 Å². The predicted molar refractivity (Wildman–Crippen MR) is 76.2 cm³/mol. The van der Waals surface area contributed by atoms with E-state index >= 15 is 0 Å². The molecule has 1 fully saturated rings. The van der Waals surface area contributed by atoms with Crippen molar-refractivity contribution in [2.45, 2.75) is 32.6 Å². The van der Waals surface area contributed by atoms with Gasteiger partial charge in [0.05, 0.1) is 5.52 Å². The molecular formula is C16H20N2O. The molecule has 2 atom stereocenters. The minimum Gasteiger partial charge on any atom is -0.292 e. The number of carbonyl (C=O) groups excluding carboxylic acids is 1. The van der Waals surface area contributed by atoms with Crippen LogP contribution in [0.2, 0.25) is 0 Å². The van der Waals surface area contributed by atoms with E-state index in [1.54, 1.807) is 0 Å². The van der Waals surface area contributed by atoms with Crippen LogP contribution in [0.4, 0.5) is 0 Å². The van der Waals surface area contributed by atoms with Gasteiger partial charge >= 0.3 is 0 Å². The first-order chi connectivity index (χ1) is 9.16. The highest BCUT2D eigenvalue weighted by molar-refractivity contribution is 6.07. The molecule has 3 heteroatoms. The van der Waals surface area contributed by atoms with E-state index in [9.17, 15) is 4.79 Å². The topological polar surface area (TPSA) is 34.9 Å². The third-order valence-corrected chi connectivity index (χ3v) is 4.30. The molecule has 0 saturated heterocycles. The zero-order valence-electron chi connectivity index (χ0n) is 11.6. The normalized spacial score (nSPS) is 23.7. The summed E-state index contributed by atoms with van der Waals surface area (Å²) >= 11 is 0. The third-order valence-electron chi connectivity index (χ3n) is 4.30. The average Bonchev–Trinajstić information content (AvgIpc) is 2.76. The van der Waals surface area contributed by atoms with Gasteiger partial charge < -0.3 is 0 Å². The number of nitrogens with zero attached hydrogens (tertiary/aromatic N) is 2. The van der Waals surface area contributed by atoms with Crippen LogP contribution < -0.4 is 0 Å². The second-order valence-electron chi connectivity index (χ2n) is 5.82. The lowest BCUT2D eigenvalue weighted by molar-refractivity contribution is 0.0864. The molecule has 2 aromatic rings. The molecule has 0 spiro atoms. The number of hydrogen-bond donors (Lipinski definition) is 0. The van der Waals surface area contributed by atoms with Gasteiger partial charge in [0.25, 0.3) is 0 Å². The van der Waals surface area contributed by atoms with Crippen LogP contribution in [0, 0.1) is 11.8 Å². The monoisotopic (exact) mass is 256 g/mol. The molecule has 3 rings (SSSR count). The van der Waals surface area contributed by atoms with Crippen molar-refractivity contribution in [3.63, 3.8) is 0 Å². The summed E-state index contributed by atoms with van der Waals surface area (Å²) in [7, 11) is 1.91. The lowest BCUT2D eigenvalue weighted by atomic mass is 9.79. The van der Waals surface area contributed by atoms with E-state index < -0.39 is 0 Å². The van der Waals surface area contributed by atoms with Crippen molar-refractivity contribution >= 4 is 16.7 Å². The largest absolute Gasteiger partial charge is 0.292 e. The van der Waals surface area contributed by atoms with Crippen molar-refractivity contribution in [3.8, 4) is 0 Å². The molecule has 1 heterocycles. The molecular weight excluding hydrogens is 236 g/mol. The first-order valence-corrected chi connectivity index (χ1v) is 7.12. The molecule has 0 N–H and O–H groups in total. The Morgan fingerprint density at radius 1 is 1.32 bits per heavy atom. The summed E-state index contributed by atoms with van der Waals surface area (Å²) in [5, 5.41) is 5.45. The highest BCUT2D eigenvalue weighted by Gasteiger charge is 2.28. The van der Waals surface area contributed by atoms with E-state index in [0.29, 0.717) is 11.6 Å². The SMILES string of the molecule is CC1CCCC(C(=O)c2nn(C)c3ccccc23)C1. The van der Waals surface area contributed by atoms with Crippen molar-refractivity contribution in [2.24, 2.45) is 18.9 Å². The van der Waals surface area contributed by atoms with Gasteiger partial charge in [-0.3, -0.25) is 9.48 Å². The minimum atomic E-state index is 0.169. The number of carbonyl (C=O) groups is 1. The fourth-order valence-electron chi connectivity index (χ4n) is 3.26. The number of aryl methyl sites for hydroxylation is 1. The number of fused-ring (bicyclic) bond motifs is 1. The van der Waals surface area contributed by atoms with Gasteiger partial charge in [0.2, 0.25) is 0 Å². The summed E-state index contributed by atoms with van der Waals surface area (Å²) in [4.78, 5) is 12.7. The summed E-state index contributed by atoms with van der Waals surface area (Å²) in [6, 6.07) is 7.98. The number of aromatic nitrogens is 2. The van der Waals surface area contributed by atoms with Crippen LogP contribution in [-0.4, -0.2) is 15.6 Å². The molecule has 19 heavy (non-hydrogen) atoms. The summed E-state index contributed by atoms with van der Waals surface area (Å²) in [6.45, 7) is 2.25. The van der Waals surface area contributed by atoms with E-state index in [2.05, 4.69) is 12.0 Å². The lowest BCUT2D eigenvalue weighted by Gasteiger charge is -2.24. The quantitative estimate of drug-likeness (QED) is 0.770. The van der Waals surface area contributed by atoms with Crippen LogP contribution in [0.5, 0.6) is 0 Å². The maximum absolute atomic E-state index is 12.7. The number of benzene rings is 1. The number of ketones is 1. The maximum atomic E-state index is 12.7. The smallest absolute Gasteiger partial charge is 0.186 e. The molecule has 2 unspecified atom stereocenters. The zero-order valence-corrected chi connectivity index (χ0v) is 11.6. The van der Waals surface area contributed by atoms with Gasteiger partial charge in [0, 0.05) is 18.4 Å². The number of rotatable bonds is 2. The van der Waals surface area contributed by atoms with E-state index in [-0.39, 0.29) is 11.7 Å². The second-order valence-corrected chi connectivity index (χ2v) is 5.82. The second kappa shape index (κ2) is 4.80. The minimum absolute atomic E-state index is 0.169. The molecule has 1 saturated carbocycles. The average molecular weight is 256 g/mol. The Morgan fingerprint density at radius 3 is 2.89 bits per heavy atom. The molecule has 0 radical (unpaired) electrons. The van der Waals surface area contributed by atoms with Crippen LogP contribution in [0.3, 0.4) is 0 Å². The van der Waals surface area contributed by atoms with Crippen molar-refractivity contribution in [3.05, 3.63) is 30.0 Å². The molecule has 1 aliphatic carbocycles. The number of hydrogen-bond acceptors (Lipinski definition) is 2. The standard InChI is InChI=1S/C16H20N2O/c1-11-6-5-7-12(10-11)16(19)15-13-8-3-4-9-14(13)18(2)17-15/h3-4,8-9,11-12H,5-7,10H2,1-2H3. The molecule has 1 aliphatic rings. The van der Waals surface area contributed by atoms with E-state index in [1.807, 2.05) is 36.0 Å².